The van der Waals surface area contributed by atoms with E-state index < -0.39 is 0 Å². The monoisotopic (exact) mass is 424 g/mol. The fourth-order valence-corrected chi connectivity index (χ4v) is 4.04. The van der Waals surface area contributed by atoms with E-state index >= 15 is 0 Å². The lowest BCUT2D eigenvalue weighted by atomic mass is 10.0. The van der Waals surface area contributed by atoms with Crippen LogP contribution in [0.3, 0.4) is 0 Å². The van der Waals surface area contributed by atoms with Crippen LogP contribution in [-0.2, 0) is 4.79 Å². The van der Waals surface area contributed by atoms with Crippen molar-refractivity contribution in [1.82, 2.24) is 25.1 Å². The molecular weight excluding hydrogens is 400 g/mol. The van der Waals surface area contributed by atoms with Gasteiger partial charge in [0, 0.05) is 29.2 Å². The molecule has 7 heteroatoms. The molecule has 0 bridgehead atoms. The van der Waals surface area contributed by atoms with Gasteiger partial charge >= 0.3 is 0 Å². The zero-order valence-electron chi connectivity index (χ0n) is 17.7. The maximum Gasteiger partial charge on any atom is 0.238 e. The number of carbonyl (C=O) groups excluding carboxylic acids is 1. The van der Waals surface area contributed by atoms with Gasteiger partial charge in [-0.15, -0.1) is 0 Å². The highest BCUT2D eigenvalue weighted by Crippen LogP contribution is 2.31. The lowest BCUT2D eigenvalue weighted by Crippen LogP contribution is -2.30. The summed E-state index contributed by atoms with van der Waals surface area (Å²) < 4.78 is 0. The summed E-state index contributed by atoms with van der Waals surface area (Å²) in [5.41, 5.74) is 6.32. The molecule has 0 saturated carbocycles. The molecule has 1 aliphatic rings. The zero-order valence-corrected chi connectivity index (χ0v) is 17.7. The van der Waals surface area contributed by atoms with Crippen molar-refractivity contribution in [3.05, 3.63) is 73.2 Å². The van der Waals surface area contributed by atoms with Crippen molar-refractivity contribution in [2.75, 3.05) is 25.0 Å². The molecule has 4 aromatic rings. The number of amides is 1. The summed E-state index contributed by atoms with van der Waals surface area (Å²) in [7, 11) is 0. The van der Waals surface area contributed by atoms with Crippen molar-refractivity contribution >= 4 is 11.6 Å². The predicted molar refractivity (Wildman–Crippen MR) is 125 cm³/mol. The van der Waals surface area contributed by atoms with E-state index in [9.17, 15) is 4.79 Å². The van der Waals surface area contributed by atoms with Crippen LogP contribution < -0.4 is 5.32 Å². The number of carbonyl (C=O) groups is 1. The molecule has 0 radical (unpaired) electrons. The third-order valence-corrected chi connectivity index (χ3v) is 5.66. The second-order valence-electron chi connectivity index (χ2n) is 7.91. The minimum Gasteiger partial charge on any atom is -0.325 e. The summed E-state index contributed by atoms with van der Waals surface area (Å²) >= 11 is 0. The van der Waals surface area contributed by atoms with Crippen LogP contribution in [0, 0.1) is 0 Å². The number of nitrogens with zero attached hydrogens (tertiary/aromatic N) is 4. The largest absolute Gasteiger partial charge is 0.325 e. The van der Waals surface area contributed by atoms with E-state index in [4.69, 9.17) is 0 Å². The molecule has 1 fully saturated rings. The Balaban J connectivity index is 1.33. The lowest BCUT2D eigenvalue weighted by Gasteiger charge is -2.14. The van der Waals surface area contributed by atoms with Crippen molar-refractivity contribution in [2.24, 2.45) is 0 Å². The summed E-state index contributed by atoms with van der Waals surface area (Å²) in [5.74, 6) is 0.0294. The van der Waals surface area contributed by atoms with Crippen LogP contribution in [0.2, 0.25) is 0 Å². The van der Waals surface area contributed by atoms with E-state index in [-0.39, 0.29) is 5.91 Å². The van der Waals surface area contributed by atoms with E-state index in [1.54, 1.807) is 12.4 Å². The van der Waals surface area contributed by atoms with Gasteiger partial charge in [-0.1, -0.05) is 18.2 Å². The molecule has 7 nitrogen and oxygen atoms in total. The van der Waals surface area contributed by atoms with E-state index in [1.807, 2.05) is 60.8 Å². The Hall–Kier alpha value is -3.84. The number of hydrogen-bond donors (Lipinski definition) is 2. The first-order valence-corrected chi connectivity index (χ1v) is 10.8. The number of nitrogens with one attached hydrogen (secondary N) is 2. The second kappa shape index (κ2) is 9.11. The molecular formula is C25H24N6O. The number of aromatic nitrogens is 4. The van der Waals surface area contributed by atoms with Crippen LogP contribution in [0.15, 0.2) is 73.2 Å². The molecule has 4 heterocycles. The Morgan fingerprint density at radius 2 is 1.75 bits per heavy atom. The Morgan fingerprint density at radius 3 is 2.53 bits per heavy atom. The topological polar surface area (TPSA) is 86.8 Å². The number of benzene rings is 1. The molecule has 1 aromatic carbocycles. The van der Waals surface area contributed by atoms with E-state index in [2.05, 4.69) is 30.4 Å². The van der Waals surface area contributed by atoms with Gasteiger partial charge in [0.1, 0.15) is 0 Å². The first-order valence-electron chi connectivity index (χ1n) is 10.8. The summed E-state index contributed by atoms with van der Waals surface area (Å²) in [6, 6.07) is 17.6. The maximum atomic E-state index is 12.3. The van der Waals surface area contributed by atoms with Gasteiger partial charge in [-0.2, -0.15) is 5.10 Å². The summed E-state index contributed by atoms with van der Waals surface area (Å²) in [6.07, 6.45) is 7.73. The summed E-state index contributed by atoms with van der Waals surface area (Å²) in [5, 5.41) is 10.3. The van der Waals surface area contributed by atoms with Crippen molar-refractivity contribution in [1.29, 1.82) is 0 Å². The Labute approximate surface area is 186 Å². The maximum absolute atomic E-state index is 12.3. The van der Waals surface area contributed by atoms with Crippen LogP contribution in [0.25, 0.3) is 33.8 Å². The number of anilines is 1. The Bertz CT molecular complexity index is 1200. The van der Waals surface area contributed by atoms with Crippen molar-refractivity contribution < 1.29 is 4.79 Å². The summed E-state index contributed by atoms with van der Waals surface area (Å²) in [6.45, 7) is 2.47. The number of pyridine rings is 2. The molecule has 2 N–H and O–H groups in total. The number of H-pyrrole nitrogens is 1. The molecule has 5 rings (SSSR count). The van der Waals surface area contributed by atoms with Gasteiger partial charge in [0.2, 0.25) is 5.91 Å². The standard InChI is InChI=1S/C25H24N6O/c32-24(17-31-13-3-4-14-31)29-20-8-6-18(7-9-20)23-15-19(10-12-27-23)21-16-28-30-25(21)22-5-1-2-11-26-22/h1-2,5-12,15-16H,3-4,13-14,17H2,(H,28,30)(H,29,32). The van der Waals surface area contributed by atoms with E-state index in [0.29, 0.717) is 6.54 Å². The molecule has 3 aromatic heterocycles. The first kappa shape index (κ1) is 20.1. The molecule has 0 spiro atoms. The first-order chi connectivity index (χ1) is 15.8. The average Bonchev–Trinajstić information content (AvgIpc) is 3.52. The Morgan fingerprint density at radius 1 is 0.938 bits per heavy atom. The molecule has 160 valence electrons. The van der Waals surface area contributed by atoms with Gasteiger partial charge in [0.25, 0.3) is 0 Å². The highest BCUT2D eigenvalue weighted by atomic mass is 16.2. The van der Waals surface area contributed by atoms with Gasteiger partial charge in [0.05, 0.1) is 29.8 Å². The van der Waals surface area contributed by atoms with Crippen LogP contribution in [-0.4, -0.2) is 50.6 Å². The van der Waals surface area contributed by atoms with Crippen LogP contribution in [0.1, 0.15) is 12.8 Å². The van der Waals surface area contributed by atoms with Gasteiger partial charge in [-0.05, 0) is 67.9 Å². The van der Waals surface area contributed by atoms with Crippen LogP contribution in [0.5, 0.6) is 0 Å². The minimum atomic E-state index is 0.0294. The number of likely N-dealkylation sites (tertiary alicyclic amines) is 1. The second-order valence-corrected chi connectivity index (χ2v) is 7.91. The lowest BCUT2D eigenvalue weighted by molar-refractivity contribution is -0.117. The minimum absolute atomic E-state index is 0.0294. The number of rotatable bonds is 6. The zero-order chi connectivity index (χ0) is 21.8. The van der Waals surface area contributed by atoms with Crippen LogP contribution >= 0.6 is 0 Å². The molecule has 1 saturated heterocycles. The quantitative estimate of drug-likeness (QED) is 0.484. The van der Waals surface area contributed by atoms with E-state index in [0.717, 1.165) is 52.5 Å². The smallest absolute Gasteiger partial charge is 0.238 e. The SMILES string of the molecule is O=C(CN1CCCC1)Nc1ccc(-c2cc(-c3cn[nH]c3-c3ccccn3)ccn2)cc1. The third-order valence-electron chi connectivity index (χ3n) is 5.66. The number of hydrogen-bond acceptors (Lipinski definition) is 5. The number of aromatic amines is 1. The molecule has 0 atom stereocenters. The fraction of sp³-hybridized carbons (Fsp3) is 0.200. The van der Waals surface area contributed by atoms with Crippen molar-refractivity contribution in [2.45, 2.75) is 12.8 Å². The van der Waals surface area contributed by atoms with E-state index in [1.165, 1.54) is 12.8 Å². The molecule has 0 unspecified atom stereocenters. The predicted octanol–water partition coefficient (Wildman–Crippen LogP) is 4.24. The van der Waals surface area contributed by atoms with Crippen LogP contribution in [0.4, 0.5) is 5.69 Å². The van der Waals surface area contributed by atoms with Crippen molar-refractivity contribution in [3.63, 3.8) is 0 Å². The molecule has 1 aliphatic heterocycles. The van der Waals surface area contributed by atoms with Gasteiger partial charge in [-0.25, -0.2) is 0 Å². The highest BCUT2D eigenvalue weighted by molar-refractivity contribution is 5.92. The molecule has 0 aliphatic carbocycles. The average molecular weight is 425 g/mol. The van der Waals surface area contributed by atoms with Crippen molar-refractivity contribution in [3.8, 4) is 33.8 Å². The third kappa shape index (κ3) is 4.43. The van der Waals surface area contributed by atoms with Gasteiger partial charge in [0.15, 0.2) is 0 Å². The highest BCUT2D eigenvalue weighted by Gasteiger charge is 2.15. The molecule has 32 heavy (non-hydrogen) atoms. The fourth-order valence-electron chi connectivity index (χ4n) is 4.04. The summed E-state index contributed by atoms with van der Waals surface area (Å²) in [4.78, 5) is 23.4. The van der Waals surface area contributed by atoms with Gasteiger partial charge in [-0.3, -0.25) is 24.8 Å². The normalized spacial score (nSPS) is 13.9. The Kier molecular flexibility index (Phi) is 5.72. The molecule has 1 amide bonds. The van der Waals surface area contributed by atoms with Gasteiger partial charge < -0.3 is 5.32 Å².